The van der Waals surface area contributed by atoms with Crippen LogP contribution in [0.5, 0.6) is 0 Å². The third-order valence-corrected chi connectivity index (χ3v) is 5.76. The van der Waals surface area contributed by atoms with Crippen LogP contribution >= 0.6 is 23.2 Å². The molecule has 0 aliphatic rings. The van der Waals surface area contributed by atoms with Gasteiger partial charge in [0.1, 0.15) is 5.82 Å². The van der Waals surface area contributed by atoms with Gasteiger partial charge in [-0.15, -0.1) is 10.2 Å². The maximum Gasteiger partial charge on any atom is 0.272 e. The fourth-order valence-electron chi connectivity index (χ4n) is 3.67. The number of hydrogen-bond donors (Lipinski definition) is 1. The van der Waals surface area contributed by atoms with E-state index in [1.165, 1.54) is 0 Å². The molecule has 0 saturated carbocycles. The largest absolute Gasteiger partial charge is 0.350 e. The number of nitrogens with one attached hydrogen (secondary N) is 1. The van der Waals surface area contributed by atoms with E-state index in [1.54, 1.807) is 10.7 Å². The van der Waals surface area contributed by atoms with Gasteiger partial charge in [0.25, 0.3) is 5.91 Å². The van der Waals surface area contributed by atoms with Crippen molar-refractivity contribution in [2.24, 2.45) is 0 Å². The molecular formula is C23H18Cl2N6O. The van der Waals surface area contributed by atoms with Gasteiger partial charge in [-0.25, -0.2) is 0 Å². The van der Waals surface area contributed by atoms with Crippen molar-refractivity contribution >= 4 is 45.7 Å². The number of benzene rings is 2. The van der Waals surface area contributed by atoms with E-state index in [9.17, 15) is 4.79 Å². The van der Waals surface area contributed by atoms with Gasteiger partial charge in [-0.1, -0.05) is 53.5 Å². The molecule has 0 unspecified atom stereocenters. The number of carbonyl (C=O) groups excluding carboxylic acids is 1. The van der Waals surface area contributed by atoms with Crippen molar-refractivity contribution in [2.45, 2.75) is 13.0 Å². The second-order valence-electron chi connectivity index (χ2n) is 7.32. The number of amides is 1. The monoisotopic (exact) mass is 464 g/mol. The molecule has 5 aromatic rings. The Morgan fingerprint density at radius 1 is 0.969 bits per heavy atom. The third kappa shape index (κ3) is 3.92. The second kappa shape index (κ2) is 8.61. The first kappa shape index (κ1) is 20.5. The summed E-state index contributed by atoms with van der Waals surface area (Å²) in [6.45, 7) is 0.872. The van der Waals surface area contributed by atoms with Crippen molar-refractivity contribution in [3.63, 3.8) is 0 Å². The van der Waals surface area contributed by atoms with Crippen LogP contribution in [0, 0.1) is 0 Å². The molecule has 0 spiro atoms. The molecule has 32 heavy (non-hydrogen) atoms. The van der Waals surface area contributed by atoms with Crippen molar-refractivity contribution in [3.8, 4) is 0 Å². The summed E-state index contributed by atoms with van der Waals surface area (Å²) in [6, 6.07) is 18.7. The molecule has 0 atom stereocenters. The predicted octanol–water partition coefficient (Wildman–Crippen LogP) is 4.41. The van der Waals surface area contributed by atoms with Crippen molar-refractivity contribution in [2.75, 3.05) is 6.54 Å². The van der Waals surface area contributed by atoms with E-state index in [4.69, 9.17) is 23.2 Å². The summed E-state index contributed by atoms with van der Waals surface area (Å²) in [5.74, 6) is 0.517. The molecule has 0 aliphatic heterocycles. The first-order chi connectivity index (χ1) is 15.6. The average molecular weight is 465 g/mol. The van der Waals surface area contributed by atoms with Gasteiger partial charge in [0.2, 0.25) is 0 Å². The average Bonchev–Trinajstić information content (AvgIpc) is 3.38. The summed E-state index contributed by atoms with van der Waals surface area (Å²) in [7, 11) is 0. The summed E-state index contributed by atoms with van der Waals surface area (Å²) in [4.78, 5) is 13.0. The Morgan fingerprint density at radius 3 is 2.66 bits per heavy atom. The zero-order valence-corrected chi connectivity index (χ0v) is 18.4. The number of nitrogens with zero attached hydrogens (tertiary/aromatic N) is 5. The first-order valence-electron chi connectivity index (χ1n) is 10.1. The Hall–Kier alpha value is -3.42. The lowest BCUT2D eigenvalue weighted by Gasteiger charge is -2.05. The number of rotatable bonds is 6. The van der Waals surface area contributed by atoms with Crippen LogP contribution in [-0.2, 0) is 13.0 Å². The van der Waals surface area contributed by atoms with Gasteiger partial charge in [-0.05, 0) is 35.9 Å². The smallest absolute Gasteiger partial charge is 0.272 e. The summed E-state index contributed by atoms with van der Waals surface area (Å²) >= 11 is 12.5. The molecule has 160 valence electrons. The Labute approximate surface area is 193 Å². The van der Waals surface area contributed by atoms with Crippen LogP contribution < -0.4 is 5.32 Å². The highest BCUT2D eigenvalue weighted by atomic mass is 35.5. The van der Waals surface area contributed by atoms with Crippen LogP contribution in [0.2, 0.25) is 10.0 Å². The number of pyridine rings is 1. The Kier molecular flexibility index (Phi) is 5.51. The van der Waals surface area contributed by atoms with Gasteiger partial charge in [0.05, 0.1) is 17.1 Å². The highest BCUT2D eigenvalue weighted by Crippen LogP contribution is 2.27. The molecular weight excluding hydrogens is 447 g/mol. The lowest BCUT2D eigenvalue weighted by atomic mass is 10.2. The molecule has 2 aromatic carbocycles. The maximum atomic E-state index is 13.0. The molecule has 0 fully saturated rings. The molecule has 0 aliphatic carbocycles. The molecule has 1 amide bonds. The fraction of sp³-hybridized carbons (Fsp3) is 0.130. The van der Waals surface area contributed by atoms with Crippen LogP contribution in [0.25, 0.3) is 16.6 Å². The van der Waals surface area contributed by atoms with Crippen molar-refractivity contribution in [1.82, 2.24) is 29.7 Å². The number of fused-ring (bicyclic) bond motifs is 2. The number of para-hydroxylation sites is 1. The normalized spacial score (nSPS) is 11.3. The molecule has 7 nitrogen and oxygen atoms in total. The summed E-state index contributed by atoms with van der Waals surface area (Å²) in [6.07, 6.45) is 2.45. The minimum absolute atomic E-state index is 0.263. The molecule has 5 rings (SSSR count). The molecule has 0 radical (unpaired) electrons. The minimum Gasteiger partial charge on any atom is -0.350 e. The number of aromatic nitrogens is 5. The van der Waals surface area contributed by atoms with Gasteiger partial charge in [-0.2, -0.15) is 5.10 Å². The molecule has 3 heterocycles. The van der Waals surface area contributed by atoms with E-state index in [2.05, 4.69) is 20.6 Å². The summed E-state index contributed by atoms with van der Waals surface area (Å²) < 4.78 is 3.66. The van der Waals surface area contributed by atoms with Crippen molar-refractivity contribution in [1.29, 1.82) is 0 Å². The SMILES string of the molecule is O=C(NCCc1nnc2ccccn12)c1nn(Cc2ccc(Cl)cc2)c2c(Cl)cccc12. The van der Waals surface area contributed by atoms with E-state index >= 15 is 0 Å². The quantitative estimate of drug-likeness (QED) is 0.403. The number of carbonyl (C=O) groups is 1. The molecule has 3 aromatic heterocycles. The zero-order valence-electron chi connectivity index (χ0n) is 16.9. The lowest BCUT2D eigenvalue weighted by molar-refractivity contribution is 0.0949. The van der Waals surface area contributed by atoms with Gasteiger partial charge >= 0.3 is 0 Å². The predicted molar refractivity (Wildman–Crippen MR) is 124 cm³/mol. The fourth-order valence-corrected chi connectivity index (χ4v) is 4.07. The Balaban J connectivity index is 1.37. The second-order valence-corrected chi connectivity index (χ2v) is 8.16. The maximum absolute atomic E-state index is 13.0. The van der Waals surface area contributed by atoms with Gasteiger partial charge in [0, 0.05) is 29.6 Å². The molecule has 0 saturated heterocycles. The van der Waals surface area contributed by atoms with Gasteiger partial charge in [-0.3, -0.25) is 13.9 Å². The van der Waals surface area contributed by atoms with E-state index in [0.717, 1.165) is 22.6 Å². The third-order valence-electron chi connectivity index (χ3n) is 5.20. The molecule has 9 heteroatoms. The van der Waals surface area contributed by atoms with Gasteiger partial charge < -0.3 is 5.32 Å². The Bertz CT molecular complexity index is 1420. The summed E-state index contributed by atoms with van der Waals surface area (Å²) in [5, 5.41) is 17.8. The number of hydrogen-bond acceptors (Lipinski definition) is 4. The minimum atomic E-state index is -0.263. The molecule has 0 bridgehead atoms. The zero-order chi connectivity index (χ0) is 22.1. The van der Waals surface area contributed by atoms with Crippen molar-refractivity contribution < 1.29 is 4.79 Å². The first-order valence-corrected chi connectivity index (χ1v) is 10.8. The number of halogens is 2. The van der Waals surface area contributed by atoms with Crippen LogP contribution in [0.1, 0.15) is 21.9 Å². The van der Waals surface area contributed by atoms with Gasteiger partial charge in [0.15, 0.2) is 11.3 Å². The lowest BCUT2D eigenvalue weighted by Crippen LogP contribution is -2.27. The van der Waals surface area contributed by atoms with E-state index in [1.807, 2.05) is 65.2 Å². The topological polar surface area (TPSA) is 77.1 Å². The standard InChI is InChI=1S/C23H18Cl2N6O/c24-16-9-7-15(8-10-16)14-31-22-17(4-3-5-18(22)25)21(29-31)23(32)26-12-11-20-28-27-19-6-1-2-13-30(19)20/h1-10,13H,11-12,14H2,(H,26,32). The Morgan fingerprint density at radius 2 is 1.81 bits per heavy atom. The highest BCUT2D eigenvalue weighted by Gasteiger charge is 2.19. The van der Waals surface area contributed by atoms with Crippen LogP contribution in [0.3, 0.4) is 0 Å². The van der Waals surface area contributed by atoms with Crippen LogP contribution in [0.4, 0.5) is 0 Å². The van der Waals surface area contributed by atoms with E-state index in [-0.39, 0.29) is 5.91 Å². The molecule has 1 N–H and O–H groups in total. The summed E-state index contributed by atoms with van der Waals surface area (Å²) in [5.41, 5.74) is 2.83. The van der Waals surface area contributed by atoms with Crippen LogP contribution in [0.15, 0.2) is 66.9 Å². The van der Waals surface area contributed by atoms with Crippen molar-refractivity contribution in [3.05, 3.63) is 94.0 Å². The van der Waals surface area contributed by atoms with E-state index in [0.29, 0.717) is 40.6 Å². The highest BCUT2D eigenvalue weighted by molar-refractivity contribution is 6.35. The van der Waals surface area contributed by atoms with E-state index < -0.39 is 0 Å². The van der Waals surface area contributed by atoms with Crippen LogP contribution in [-0.4, -0.2) is 36.8 Å².